The van der Waals surface area contributed by atoms with Crippen LogP contribution in [0.1, 0.15) is 32.4 Å². The predicted octanol–water partition coefficient (Wildman–Crippen LogP) is 1.71. The molecule has 0 amide bonds. The van der Waals surface area contributed by atoms with E-state index >= 15 is 0 Å². The zero-order valence-electron chi connectivity index (χ0n) is 11.0. The van der Waals surface area contributed by atoms with E-state index in [1.165, 1.54) is 0 Å². The van der Waals surface area contributed by atoms with Gasteiger partial charge in [0.1, 0.15) is 0 Å². The molecule has 2 rings (SSSR count). The highest BCUT2D eigenvalue weighted by Crippen LogP contribution is 2.03. The summed E-state index contributed by atoms with van der Waals surface area (Å²) in [6.07, 6.45) is 9.40. The Bertz CT molecular complexity index is 549. The van der Waals surface area contributed by atoms with Crippen LogP contribution >= 0.6 is 0 Å². The molecule has 0 atom stereocenters. The van der Waals surface area contributed by atoms with E-state index in [-0.39, 0.29) is 5.69 Å². The highest BCUT2D eigenvalue weighted by molar-refractivity contribution is 5.00. The molecule has 0 bridgehead atoms. The zero-order chi connectivity index (χ0) is 13.0. The molecule has 5 nitrogen and oxygen atoms in total. The van der Waals surface area contributed by atoms with Gasteiger partial charge in [-0.15, -0.1) is 0 Å². The molecule has 18 heavy (non-hydrogen) atoms. The largest absolute Gasteiger partial charge is 0.333 e. The smallest absolute Gasteiger partial charge is 0.328 e. The maximum absolute atomic E-state index is 12.1. The van der Waals surface area contributed by atoms with Gasteiger partial charge in [-0.1, -0.05) is 13.8 Å². The van der Waals surface area contributed by atoms with Crippen LogP contribution in [0, 0.1) is 0 Å². The Morgan fingerprint density at radius 2 is 1.72 bits per heavy atom. The summed E-state index contributed by atoms with van der Waals surface area (Å²) in [6.45, 7) is 6.52. The molecule has 0 aliphatic rings. The van der Waals surface area contributed by atoms with Gasteiger partial charge in [0.25, 0.3) is 0 Å². The molecule has 0 aliphatic heterocycles. The molecular formula is C13H20N4O. The third-order valence-electron chi connectivity index (χ3n) is 2.98. The second kappa shape index (κ2) is 5.71. The fraction of sp³-hybridized carbons (Fsp3) is 0.538. The third-order valence-corrected chi connectivity index (χ3v) is 2.98. The number of hydrogen-bond donors (Lipinski definition) is 0. The van der Waals surface area contributed by atoms with Crippen molar-refractivity contribution >= 4 is 0 Å². The molecule has 0 aromatic carbocycles. The van der Waals surface area contributed by atoms with Gasteiger partial charge in [0.05, 0.1) is 18.6 Å². The summed E-state index contributed by atoms with van der Waals surface area (Å²) in [5, 5.41) is 0. The van der Waals surface area contributed by atoms with Crippen molar-refractivity contribution in [3.8, 4) is 0 Å². The lowest BCUT2D eigenvalue weighted by Crippen LogP contribution is -2.25. The van der Waals surface area contributed by atoms with E-state index in [1.807, 2.05) is 24.9 Å². The molecule has 0 unspecified atom stereocenters. The van der Waals surface area contributed by atoms with Crippen LogP contribution in [0.3, 0.4) is 0 Å². The number of aryl methyl sites for hydroxylation is 2. The van der Waals surface area contributed by atoms with Crippen LogP contribution in [-0.2, 0) is 19.6 Å². The van der Waals surface area contributed by atoms with Crippen LogP contribution in [0.4, 0.5) is 0 Å². The molecule has 2 heterocycles. The van der Waals surface area contributed by atoms with Crippen molar-refractivity contribution in [1.29, 1.82) is 0 Å². The van der Waals surface area contributed by atoms with E-state index in [4.69, 9.17) is 0 Å². The topological polar surface area (TPSA) is 44.8 Å². The van der Waals surface area contributed by atoms with Crippen molar-refractivity contribution in [2.75, 3.05) is 0 Å². The monoisotopic (exact) mass is 248 g/mol. The van der Waals surface area contributed by atoms with E-state index < -0.39 is 0 Å². The number of hydrogen-bond acceptors (Lipinski definition) is 2. The Morgan fingerprint density at radius 3 is 2.44 bits per heavy atom. The van der Waals surface area contributed by atoms with Crippen molar-refractivity contribution in [2.24, 2.45) is 0 Å². The Morgan fingerprint density at radius 1 is 1.06 bits per heavy atom. The number of rotatable bonds is 6. The van der Waals surface area contributed by atoms with E-state index in [0.29, 0.717) is 6.54 Å². The normalized spacial score (nSPS) is 11.0. The summed E-state index contributed by atoms with van der Waals surface area (Å²) < 4.78 is 5.59. The lowest BCUT2D eigenvalue weighted by atomic mass is 10.4. The molecule has 0 N–H and O–H groups in total. The average Bonchev–Trinajstić information content (AvgIpc) is 2.92. The van der Waals surface area contributed by atoms with Crippen LogP contribution < -0.4 is 5.69 Å². The Hall–Kier alpha value is -1.78. The summed E-state index contributed by atoms with van der Waals surface area (Å²) in [4.78, 5) is 16.2. The minimum Gasteiger partial charge on any atom is -0.333 e. The van der Waals surface area contributed by atoms with Gasteiger partial charge in [-0.25, -0.2) is 9.78 Å². The summed E-state index contributed by atoms with van der Waals surface area (Å²) in [7, 11) is 0. The van der Waals surface area contributed by atoms with Crippen molar-refractivity contribution < 1.29 is 0 Å². The first-order chi connectivity index (χ1) is 8.76. The highest BCUT2D eigenvalue weighted by Gasteiger charge is 2.06. The van der Waals surface area contributed by atoms with E-state index in [1.54, 1.807) is 9.13 Å². The summed E-state index contributed by atoms with van der Waals surface area (Å²) in [5.41, 5.74) is 1.13. The first kappa shape index (κ1) is 12.7. The molecule has 0 saturated carbocycles. The van der Waals surface area contributed by atoms with Crippen LogP contribution in [0.25, 0.3) is 0 Å². The third kappa shape index (κ3) is 2.55. The van der Waals surface area contributed by atoms with Gasteiger partial charge in [-0.05, 0) is 12.8 Å². The number of aromatic nitrogens is 4. The van der Waals surface area contributed by atoms with Crippen molar-refractivity contribution in [1.82, 2.24) is 18.7 Å². The van der Waals surface area contributed by atoms with Crippen LogP contribution in [-0.4, -0.2) is 18.7 Å². The quantitative estimate of drug-likeness (QED) is 0.781. The molecule has 0 fully saturated rings. The molecule has 2 aromatic rings. The lowest BCUT2D eigenvalue weighted by Gasteiger charge is -2.06. The van der Waals surface area contributed by atoms with E-state index in [2.05, 4.69) is 23.4 Å². The summed E-state index contributed by atoms with van der Waals surface area (Å²) in [5.74, 6) is 0. The van der Waals surface area contributed by atoms with Gasteiger partial charge < -0.3 is 4.57 Å². The number of nitrogens with zero attached hydrogens (tertiary/aromatic N) is 4. The molecular weight excluding hydrogens is 228 g/mol. The SMILES string of the molecule is CCCn1cncc1Cn1ccn(CCC)c1=O. The highest BCUT2D eigenvalue weighted by atomic mass is 16.1. The Kier molecular flexibility index (Phi) is 4.02. The minimum absolute atomic E-state index is 0.0566. The molecule has 0 aliphatic carbocycles. The Balaban J connectivity index is 2.18. The van der Waals surface area contributed by atoms with Crippen molar-refractivity contribution in [3.63, 3.8) is 0 Å². The van der Waals surface area contributed by atoms with Gasteiger partial charge in [-0.2, -0.15) is 0 Å². The van der Waals surface area contributed by atoms with Gasteiger partial charge in [-0.3, -0.25) is 9.13 Å². The first-order valence-corrected chi connectivity index (χ1v) is 6.50. The molecule has 0 spiro atoms. The van der Waals surface area contributed by atoms with Crippen LogP contribution in [0.2, 0.25) is 0 Å². The predicted molar refractivity (Wildman–Crippen MR) is 70.6 cm³/mol. The summed E-state index contributed by atoms with van der Waals surface area (Å²) in [6, 6.07) is 0. The fourth-order valence-corrected chi connectivity index (χ4v) is 2.08. The van der Waals surface area contributed by atoms with Crippen LogP contribution in [0.5, 0.6) is 0 Å². The first-order valence-electron chi connectivity index (χ1n) is 6.50. The average molecular weight is 248 g/mol. The molecule has 2 aromatic heterocycles. The maximum atomic E-state index is 12.1. The van der Waals surface area contributed by atoms with Crippen molar-refractivity contribution in [3.05, 3.63) is 41.1 Å². The zero-order valence-corrected chi connectivity index (χ0v) is 11.0. The Labute approximate surface area is 107 Å². The second-order valence-corrected chi connectivity index (χ2v) is 4.48. The maximum Gasteiger partial charge on any atom is 0.328 e. The molecule has 0 radical (unpaired) electrons. The summed E-state index contributed by atoms with van der Waals surface area (Å²) >= 11 is 0. The number of imidazole rings is 2. The molecule has 0 saturated heterocycles. The van der Waals surface area contributed by atoms with Gasteiger partial charge in [0.15, 0.2) is 0 Å². The standard InChI is InChI=1S/C13H20N4O/c1-3-5-15-7-8-16(13(15)18)10-12-9-14-11-17(12)6-4-2/h7-9,11H,3-6,10H2,1-2H3. The van der Waals surface area contributed by atoms with Crippen LogP contribution in [0.15, 0.2) is 29.7 Å². The molecule has 5 heteroatoms. The second-order valence-electron chi connectivity index (χ2n) is 4.48. The van der Waals surface area contributed by atoms with Gasteiger partial charge >= 0.3 is 5.69 Å². The lowest BCUT2D eigenvalue weighted by molar-refractivity contribution is 0.593. The van der Waals surface area contributed by atoms with E-state index in [0.717, 1.165) is 31.6 Å². The van der Waals surface area contributed by atoms with E-state index in [9.17, 15) is 4.79 Å². The van der Waals surface area contributed by atoms with Gasteiger partial charge in [0.2, 0.25) is 0 Å². The van der Waals surface area contributed by atoms with Gasteiger partial charge in [0, 0.05) is 31.7 Å². The van der Waals surface area contributed by atoms with Crippen molar-refractivity contribution in [2.45, 2.75) is 46.3 Å². The minimum atomic E-state index is 0.0566. The fourth-order valence-electron chi connectivity index (χ4n) is 2.08. The molecule has 98 valence electrons.